The Bertz CT molecular complexity index is 741. The van der Waals surface area contributed by atoms with E-state index in [2.05, 4.69) is 6.92 Å². The van der Waals surface area contributed by atoms with Crippen molar-refractivity contribution >= 4 is 37.4 Å². The average Bonchev–Trinajstić information content (AvgIpc) is 2.64. The van der Waals surface area contributed by atoms with Crippen LogP contribution in [0.15, 0.2) is 42.5 Å². The predicted molar refractivity (Wildman–Crippen MR) is 110 cm³/mol. The minimum absolute atomic E-state index is 0.0327. The van der Waals surface area contributed by atoms with Crippen molar-refractivity contribution in [2.24, 2.45) is 0 Å². The standard InChI is InChI=1S/C21H23Cl2O2P/c1-2-3-4-5-6-14-19(26-25)15-10-7-8-11-16(15)21(24)20-17(22)12-9-13-18(20)23/h7-13,19H,2-6,14H2,1H3. The first-order valence-electron chi connectivity index (χ1n) is 9.00. The molecular formula is C21H23Cl2O2P. The quantitative estimate of drug-likeness (QED) is 0.227. The van der Waals surface area contributed by atoms with Crippen LogP contribution in [0.25, 0.3) is 0 Å². The number of hydrogen-bond donors (Lipinski definition) is 0. The third-order valence-electron chi connectivity index (χ3n) is 4.46. The highest BCUT2D eigenvalue weighted by Crippen LogP contribution is 2.36. The molecule has 1 atom stereocenters. The lowest BCUT2D eigenvalue weighted by molar-refractivity contribution is 0.103. The normalized spacial score (nSPS) is 12.3. The molecule has 0 spiro atoms. The number of carbonyl (C=O) groups excluding carboxylic acids is 1. The maximum Gasteiger partial charge on any atom is 0.196 e. The van der Waals surface area contributed by atoms with Crippen LogP contribution in [0.4, 0.5) is 0 Å². The molecule has 26 heavy (non-hydrogen) atoms. The fourth-order valence-corrected chi connectivity index (χ4v) is 4.25. The smallest absolute Gasteiger partial charge is 0.196 e. The molecule has 0 aromatic heterocycles. The molecule has 2 rings (SSSR count). The Morgan fingerprint density at radius 2 is 1.62 bits per heavy atom. The van der Waals surface area contributed by atoms with Crippen molar-refractivity contribution in [1.29, 1.82) is 0 Å². The van der Waals surface area contributed by atoms with Gasteiger partial charge in [0.25, 0.3) is 0 Å². The number of halogens is 2. The Hall–Kier alpha value is -1.21. The van der Waals surface area contributed by atoms with E-state index in [-0.39, 0.29) is 19.9 Å². The molecule has 1 unspecified atom stereocenters. The molecule has 0 aliphatic rings. The van der Waals surface area contributed by atoms with E-state index in [1.807, 2.05) is 18.2 Å². The fourth-order valence-electron chi connectivity index (χ4n) is 3.05. The molecule has 0 amide bonds. The van der Waals surface area contributed by atoms with Gasteiger partial charge in [-0.1, -0.05) is 92.6 Å². The lowest BCUT2D eigenvalue weighted by Crippen LogP contribution is -2.08. The van der Waals surface area contributed by atoms with Gasteiger partial charge < -0.3 is 0 Å². The van der Waals surface area contributed by atoms with Crippen molar-refractivity contribution in [2.75, 3.05) is 0 Å². The van der Waals surface area contributed by atoms with Gasteiger partial charge in [-0.3, -0.25) is 9.36 Å². The molecule has 138 valence electrons. The van der Waals surface area contributed by atoms with Gasteiger partial charge in [-0.15, -0.1) is 0 Å². The monoisotopic (exact) mass is 408 g/mol. The molecule has 2 aromatic rings. The molecule has 0 fully saturated rings. The van der Waals surface area contributed by atoms with Crippen LogP contribution >= 0.6 is 31.7 Å². The summed E-state index contributed by atoms with van der Waals surface area (Å²) in [5.41, 5.74) is 1.41. The van der Waals surface area contributed by atoms with Gasteiger partial charge >= 0.3 is 0 Å². The zero-order valence-electron chi connectivity index (χ0n) is 14.9. The summed E-state index contributed by atoms with van der Waals surface area (Å²) in [6.45, 7) is 2.18. The number of ketones is 1. The number of carbonyl (C=O) groups is 1. The van der Waals surface area contributed by atoms with Crippen LogP contribution in [0.1, 0.15) is 72.6 Å². The summed E-state index contributed by atoms with van der Waals surface area (Å²) in [5, 5.41) is 0.654. The van der Waals surface area contributed by atoms with Crippen molar-refractivity contribution in [3.8, 4) is 0 Å². The third kappa shape index (κ3) is 5.39. The summed E-state index contributed by atoms with van der Waals surface area (Å²) in [4.78, 5) is 13.1. The van der Waals surface area contributed by atoms with Crippen LogP contribution in [0.5, 0.6) is 0 Å². The minimum atomic E-state index is -0.226. The van der Waals surface area contributed by atoms with Crippen LogP contribution in [0.2, 0.25) is 10.0 Å². The van der Waals surface area contributed by atoms with Gasteiger partial charge in [0.15, 0.2) is 14.2 Å². The van der Waals surface area contributed by atoms with E-state index < -0.39 is 0 Å². The van der Waals surface area contributed by atoms with Crippen molar-refractivity contribution in [1.82, 2.24) is 0 Å². The van der Waals surface area contributed by atoms with E-state index in [1.165, 1.54) is 19.3 Å². The highest BCUT2D eigenvalue weighted by Gasteiger charge is 2.23. The predicted octanol–water partition coefficient (Wildman–Crippen LogP) is 7.92. The van der Waals surface area contributed by atoms with Gasteiger partial charge in [-0.2, -0.15) is 0 Å². The highest BCUT2D eigenvalue weighted by molar-refractivity contribution is 7.24. The van der Waals surface area contributed by atoms with E-state index in [4.69, 9.17) is 23.2 Å². The molecule has 2 aromatic carbocycles. The summed E-state index contributed by atoms with van der Waals surface area (Å²) in [6.07, 6.45) is 6.50. The van der Waals surface area contributed by atoms with Crippen LogP contribution < -0.4 is 0 Å². The maximum absolute atomic E-state index is 13.1. The molecule has 2 nitrogen and oxygen atoms in total. The summed E-state index contributed by atoms with van der Waals surface area (Å²) in [7, 11) is 0.0327. The molecule has 5 heteroatoms. The Morgan fingerprint density at radius 3 is 2.27 bits per heavy atom. The zero-order chi connectivity index (χ0) is 18.9. The van der Waals surface area contributed by atoms with E-state index >= 15 is 0 Å². The number of benzene rings is 2. The highest BCUT2D eigenvalue weighted by atomic mass is 35.5. The first-order chi connectivity index (χ1) is 12.6. The second-order valence-electron chi connectivity index (χ2n) is 6.34. The lowest BCUT2D eigenvalue weighted by Gasteiger charge is -2.15. The van der Waals surface area contributed by atoms with Crippen LogP contribution in [-0.2, 0) is 4.57 Å². The third-order valence-corrected chi connectivity index (χ3v) is 5.88. The number of hydrogen-bond acceptors (Lipinski definition) is 2. The largest absolute Gasteiger partial charge is 0.288 e. The summed E-state index contributed by atoms with van der Waals surface area (Å²) < 4.78 is 11.8. The molecule has 0 aliphatic heterocycles. The van der Waals surface area contributed by atoms with Gasteiger partial charge in [0.2, 0.25) is 0 Å². The van der Waals surface area contributed by atoms with Crippen LogP contribution in [0, 0.1) is 0 Å². The second-order valence-corrected chi connectivity index (χ2v) is 7.99. The fraction of sp³-hybridized carbons (Fsp3) is 0.381. The lowest BCUT2D eigenvalue weighted by atomic mass is 9.94. The van der Waals surface area contributed by atoms with Crippen molar-refractivity contribution < 1.29 is 9.36 Å². The SMILES string of the molecule is CCCCCCCC(P=O)c1ccccc1C(=O)c1c(Cl)cccc1Cl. The summed E-state index contributed by atoms with van der Waals surface area (Å²) in [6, 6.07) is 12.3. The van der Waals surface area contributed by atoms with Gasteiger partial charge in [-0.25, -0.2) is 0 Å². The molecule has 0 saturated carbocycles. The van der Waals surface area contributed by atoms with Gasteiger partial charge in [0.05, 0.1) is 21.3 Å². The first-order valence-corrected chi connectivity index (χ1v) is 10.6. The Morgan fingerprint density at radius 1 is 0.962 bits per heavy atom. The molecule has 0 heterocycles. The van der Waals surface area contributed by atoms with Crippen LogP contribution in [-0.4, -0.2) is 5.78 Å². The van der Waals surface area contributed by atoms with Gasteiger partial charge in [0, 0.05) is 5.56 Å². The van der Waals surface area contributed by atoms with E-state index in [9.17, 15) is 9.36 Å². The molecule has 0 N–H and O–H groups in total. The van der Waals surface area contributed by atoms with Crippen LogP contribution in [0.3, 0.4) is 0 Å². The summed E-state index contributed by atoms with van der Waals surface area (Å²) in [5.74, 6) is -0.226. The zero-order valence-corrected chi connectivity index (χ0v) is 17.3. The van der Waals surface area contributed by atoms with Gasteiger partial charge in [0.1, 0.15) is 0 Å². The van der Waals surface area contributed by atoms with E-state index in [0.717, 1.165) is 24.8 Å². The maximum atomic E-state index is 13.1. The Labute approximate surface area is 167 Å². The Kier molecular flexibility index (Phi) is 8.78. The molecule has 0 bridgehead atoms. The number of rotatable bonds is 10. The number of unbranched alkanes of at least 4 members (excludes halogenated alkanes) is 4. The van der Waals surface area contributed by atoms with E-state index in [0.29, 0.717) is 21.2 Å². The molecule has 0 aliphatic carbocycles. The van der Waals surface area contributed by atoms with Gasteiger partial charge in [-0.05, 0) is 24.1 Å². The minimum Gasteiger partial charge on any atom is -0.288 e. The van der Waals surface area contributed by atoms with E-state index in [1.54, 1.807) is 24.3 Å². The van der Waals surface area contributed by atoms with Crippen molar-refractivity contribution in [3.05, 3.63) is 69.2 Å². The Balaban J connectivity index is 2.26. The molecule has 0 radical (unpaired) electrons. The van der Waals surface area contributed by atoms with Crippen molar-refractivity contribution in [3.63, 3.8) is 0 Å². The average molecular weight is 409 g/mol. The molecule has 0 saturated heterocycles. The molecular weight excluding hydrogens is 386 g/mol. The van der Waals surface area contributed by atoms with Crippen molar-refractivity contribution in [2.45, 2.75) is 51.1 Å². The topological polar surface area (TPSA) is 34.1 Å². The second kappa shape index (κ2) is 10.8. The first kappa shape index (κ1) is 21.1. The summed E-state index contributed by atoms with van der Waals surface area (Å²) >= 11 is 12.4.